The molecule has 28 heavy (non-hydrogen) atoms. The van der Waals surface area contributed by atoms with Gasteiger partial charge in [0.1, 0.15) is 5.78 Å². The maximum Gasteiger partial charge on any atom is 0.216 e. The highest BCUT2D eigenvalue weighted by molar-refractivity contribution is 8.01. The van der Waals surface area contributed by atoms with Crippen molar-refractivity contribution in [2.24, 2.45) is 16.7 Å². The Bertz CT molecular complexity index is 876. The van der Waals surface area contributed by atoms with E-state index in [0.29, 0.717) is 24.8 Å². The summed E-state index contributed by atoms with van der Waals surface area (Å²) in [5.74, 6) is 1.73. The van der Waals surface area contributed by atoms with Crippen molar-refractivity contribution in [2.75, 3.05) is 18.1 Å². The number of hydrogen-bond donors (Lipinski definition) is 0. The van der Waals surface area contributed by atoms with Gasteiger partial charge in [0, 0.05) is 24.1 Å². The number of carbonyl (C=O) groups excluding carboxylic acids is 1. The lowest BCUT2D eigenvalue weighted by Crippen LogP contribution is -2.46. The molecule has 0 spiro atoms. The quantitative estimate of drug-likeness (QED) is 0.698. The van der Waals surface area contributed by atoms with E-state index in [1.54, 1.807) is 16.1 Å². The van der Waals surface area contributed by atoms with Crippen molar-refractivity contribution in [3.63, 3.8) is 0 Å². The fraction of sp³-hybridized carbons (Fsp3) is 0.682. The van der Waals surface area contributed by atoms with Gasteiger partial charge in [-0.1, -0.05) is 52.0 Å². The maximum absolute atomic E-state index is 13.5. The minimum Gasteiger partial charge on any atom is -0.299 e. The lowest BCUT2D eigenvalue weighted by molar-refractivity contribution is -0.128. The third-order valence-corrected chi connectivity index (χ3v) is 11.0. The van der Waals surface area contributed by atoms with Gasteiger partial charge in [-0.2, -0.15) is 4.31 Å². The van der Waals surface area contributed by atoms with Gasteiger partial charge in [-0.05, 0) is 41.2 Å². The van der Waals surface area contributed by atoms with E-state index in [2.05, 4.69) is 52.0 Å². The lowest BCUT2D eigenvalue weighted by Gasteiger charge is -2.37. The second-order valence-electron chi connectivity index (χ2n) is 9.58. The molecule has 0 aromatic heterocycles. The van der Waals surface area contributed by atoms with Crippen LogP contribution in [0.15, 0.2) is 24.3 Å². The minimum atomic E-state index is -3.52. The molecule has 0 N–H and O–H groups in total. The van der Waals surface area contributed by atoms with Crippen molar-refractivity contribution >= 4 is 27.6 Å². The molecule has 6 heteroatoms. The van der Waals surface area contributed by atoms with E-state index in [-0.39, 0.29) is 22.3 Å². The van der Waals surface area contributed by atoms with Crippen LogP contribution in [0.25, 0.3) is 0 Å². The molecular weight excluding hydrogens is 390 g/mol. The van der Waals surface area contributed by atoms with E-state index in [1.165, 1.54) is 5.56 Å². The molecule has 1 heterocycles. The normalized spacial score (nSPS) is 32.5. The molecule has 3 aliphatic rings. The van der Waals surface area contributed by atoms with Crippen LogP contribution in [-0.2, 0) is 14.8 Å². The van der Waals surface area contributed by atoms with Gasteiger partial charge in [0.25, 0.3) is 0 Å². The van der Waals surface area contributed by atoms with E-state index < -0.39 is 15.4 Å². The number of nitrogens with zero attached hydrogens (tertiary/aromatic N) is 1. The molecule has 2 aliphatic carbocycles. The smallest absolute Gasteiger partial charge is 0.216 e. The number of fused-ring (bicyclic) bond motifs is 2. The molecule has 1 aliphatic heterocycles. The highest BCUT2D eigenvalue weighted by Gasteiger charge is 2.65. The number of Topliss-reactive ketones (excluding diaryl/α,β-unsaturated/α-hetero) is 1. The van der Waals surface area contributed by atoms with Crippen LogP contribution < -0.4 is 0 Å². The molecule has 3 fully saturated rings. The molecule has 3 unspecified atom stereocenters. The second kappa shape index (κ2) is 6.85. The van der Waals surface area contributed by atoms with Crippen LogP contribution in [-0.4, -0.2) is 36.6 Å². The Labute approximate surface area is 173 Å². The lowest BCUT2D eigenvalue weighted by atomic mass is 9.70. The van der Waals surface area contributed by atoms with Crippen LogP contribution >= 0.6 is 11.8 Å². The summed E-state index contributed by atoms with van der Waals surface area (Å²) in [6.45, 7) is 9.05. The van der Waals surface area contributed by atoms with E-state index in [0.717, 1.165) is 24.2 Å². The van der Waals surface area contributed by atoms with Crippen molar-refractivity contribution in [3.05, 3.63) is 35.4 Å². The summed E-state index contributed by atoms with van der Waals surface area (Å²) in [5.41, 5.74) is 1.37. The first-order chi connectivity index (χ1) is 13.1. The molecular formula is C22H31NO3S2. The second-order valence-corrected chi connectivity index (χ2v) is 12.7. The summed E-state index contributed by atoms with van der Waals surface area (Å²) in [6.07, 6.45) is 2.25. The third-order valence-electron chi connectivity index (χ3n) is 7.66. The fourth-order valence-corrected chi connectivity index (χ4v) is 9.64. The SMILES string of the molecule is CC(C)c1ccc(C2SCCN2S(=O)(=O)CC23CCC(CC2=O)C3(C)C)cc1. The first-order valence-corrected chi connectivity index (χ1v) is 13.0. The average Bonchev–Trinajstić information content (AvgIpc) is 3.26. The molecule has 4 rings (SSSR count). The van der Waals surface area contributed by atoms with Crippen molar-refractivity contribution in [1.29, 1.82) is 0 Å². The minimum absolute atomic E-state index is 0.0243. The van der Waals surface area contributed by atoms with E-state index >= 15 is 0 Å². The molecule has 1 saturated heterocycles. The molecule has 1 aromatic carbocycles. The largest absolute Gasteiger partial charge is 0.299 e. The Hall–Kier alpha value is -0.850. The number of ketones is 1. The Kier molecular flexibility index (Phi) is 4.99. The van der Waals surface area contributed by atoms with Crippen LogP contribution in [0.1, 0.15) is 69.4 Å². The predicted octanol–water partition coefficient (Wildman–Crippen LogP) is 4.58. The predicted molar refractivity (Wildman–Crippen MR) is 115 cm³/mol. The highest BCUT2D eigenvalue weighted by Crippen LogP contribution is 2.64. The fourth-order valence-electron chi connectivity index (χ4n) is 5.55. The summed E-state index contributed by atoms with van der Waals surface area (Å²) < 4.78 is 28.7. The highest BCUT2D eigenvalue weighted by atomic mass is 32.2. The topological polar surface area (TPSA) is 54.5 Å². The average molecular weight is 422 g/mol. The first-order valence-electron chi connectivity index (χ1n) is 10.3. The van der Waals surface area contributed by atoms with E-state index in [1.807, 2.05) is 0 Å². The van der Waals surface area contributed by atoms with Gasteiger partial charge in [0.15, 0.2) is 0 Å². The van der Waals surface area contributed by atoms with Crippen molar-refractivity contribution < 1.29 is 13.2 Å². The monoisotopic (exact) mass is 421 g/mol. The van der Waals surface area contributed by atoms with Crippen molar-refractivity contribution in [3.8, 4) is 0 Å². The van der Waals surface area contributed by atoms with Gasteiger partial charge in [0.2, 0.25) is 10.0 Å². The molecule has 4 nitrogen and oxygen atoms in total. The Balaban J connectivity index is 1.61. The molecule has 1 aromatic rings. The third kappa shape index (κ3) is 2.98. The first kappa shape index (κ1) is 20.4. The summed E-state index contributed by atoms with van der Waals surface area (Å²) >= 11 is 1.68. The molecule has 154 valence electrons. The molecule has 0 amide bonds. The zero-order valence-corrected chi connectivity index (χ0v) is 18.9. The molecule has 2 bridgehead atoms. The zero-order valence-electron chi connectivity index (χ0n) is 17.3. The summed E-state index contributed by atoms with van der Waals surface area (Å²) in [5, 5.41) is -0.181. The van der Waals surface area contributed by atoms with E-state index in [4.69, 9.17) is 0 Å². The van der Waals surface area contributed by atoms with Gasteiger partial charge in [-0.3, -0.25) is 4.79 Å². The van der Waals surface area contributed by atoms with Crippen LogP contribution in [0.3, 0.4) is 0 Å². The van der Waals surface area contributed by atoms with Crippen LogP contribution in [0.2, 0.25) is 0 Å². The summed E-state index contributed by atoms with van der Waals surface area (Å²) in [7, 11) is -3.52. The zero-order chi connectivity index (χ0) is 20.3. The van der Waals surface area contributed by atoms with Crippen molar-refractivity contribution in [2.45, 2.75) is 58.2 Å². The summed E-state index contributed by atoms with van der Waals surface area (Å²) in [6, 6.07) is 8.34. The Morgan fingerprint density at radius 2 is 1.89 bits per heavy atom. The maximum atomic E-state index is 13.5. The summed E-state index contributed by atoms with van der Waals surface area (Å²) in [4.78, 5) is 12.8. The van der Waals surface area contributed by atoms with Crippen molar-refractivity contribution in [1.82, 2.24) is 4.31 Å². The number of benzene rings is 1. The van der Waals surface area contributed by atoms with E-state index in [9.17, 15) is 13.2 Å². The number of carbonyl (C=O) groups is 1. The standard InChI is InChI=1S/C22H31NO3S2/c1-15(2)16-5-7-17(8-6-16)20-23(11-12-27-20)28(25,26)14-22-10-9-18(13-19(22)24)21(22,3)4/h5-8,15,18,20H,9-14H2,1-4H3. The van der Waals surface area contributed by atoms with Gasteiger partial charge in [0.05, 0.1) is 11.1 Å². The Morgan fingerprint density at radius 3 is 2.43 bits per heavy atom. The number of hydrogen-bond acceptors (Lipinski definition) is 4. The Morgan fingerprint density at radius 1 is 1.21 bits per heavy atom. The van der Waals surface area contributed by atoms with Gasteiger partial charge in [-0.25, -0.2) is 8.42 Å². The number of rotatable bonds is 5. The van der Waals surface area contributed by atoms with Gasteiger partial charge in [-0.15, -0.1) is 11.8 Å². The molecule has 2 saturated carbocycles. The van der Waals surface area contributed by atoms with Crippen LogP contribution in [0.5, 0.6) is 0 Å². The van der Waals surface area contributed by atoms with Gasteiger partial charge < -0.3 is 0 Å². The van der Waals surface area contributed by atoms with Crippen LogP contribution in [0, 0.1) is 16.7 Å². The molecule has 3 atom stereocenters. The number of sulfonamides is 1. The van der Waals surface area contributed by atoms with Gasteiger partial charge >= 0.3 is 0 Å². The van der Waals surface area contributed by atoms with Crippen LogP contribution in [0.4, 0.5) is 0 Å². The number of thioether (sulfide) groups is 1. The molecule has 0 radical (unpaired) electrons.